The largest absolute Gasteiger partial charge is 0.422 e. The van der Waals surface area contributed by atoms with Gasteiger partial charge in [0.1, 0.15) is 11.2 Å². The van der Waals surface area contributed by atoms with Crippen molar-refractivity contribution in [3.05, 3.63) is 287 Å². The molecule has 10 aromatic rings. The topological polar surface area (TPSA) is 245 Å². The summed E-state index contributed by atoms with van der Waals surface area (Å²) in [6.07, 6.45) is 3.96. The molecule has 0 saturated carbocycles. The van der Waals surface area contributed by atoms with E-state index in [1.54, 1.807) is 79.9 Å². The number of ketones is 2. The summed E-state index contributed by atoms with van der Waals surface area (Å²) < 4.78 is 15.8. The van der Waals surface area contributed by atoms with Gasteiger partial charge in [-0.15, -0.1) is 0 Å². The molecular weight excluding hydrogens is 2960 g/mol. The van der Waals surface area contributed by atoms with Gasteiger partial charge >= 0.3 is 11.3 Å². The van der Waals surface area contributed by atoms with Gasteiger partial charge in [-0.25, -0.2) is 9.59 Å². The van der Waals surface area contributed by atoms with E-state index >= 15 is 0 Å². The Balaban J connectivity index is 0.000000408. The second-order valence-electron chi connectivity index (χ2n) is 20.7. The van der Waals surface area contributed by atoms with Crippen molar-refractivity contribution in [2.24, 2.45) is 0 Å². The van der Waals surface area contributed by atoms with Crippen molar-refractivity contribution in [1.82, 2.24) is 0 Å². The Hall–Kier alpha value is -16.1. The number of hydrogen-bond acceptors (Lipinski definition) is 14. The molecule has 14 nitrogen and oxygen atoms in total. The number of carbonyl (C=O) groups excluding carboxylic acids is 2. The van der Waals surface area contributed by atoms with E-state index in [9.17, 15) is 24.3 Å². The average molecular weight is 3020 g/mol. The number of ether oxygens (including phenoxy) is 1. The zero-order chi connectivity index (χ0) is 60.0. The minimum Gasteiger partial charge on any atom is -0.422 e. The molecule has 7 N–H and O–H groups in total. The van der Waals surface area contributed by atoms with E-state index in [2.05, 4.69) is 0 Å². The van der Waals surface area contributed by atoms with Crippen LogP contribution in [0.15, 0.2) is 206 Å². The van der Waals surface area contributed by atoms with Crippen LogP contribution >= 0.6 is 0 Å². The Kier molecular flexibility index (Phi) is 25.2. The smallest absolute Gasteiger partial charge is 0.344 e. The molecule has 1 unspecified atom stereocenters. The number of Topliss-reactive ketones (excluding diaryl/α,β-unsaturated/α-hetero) is 2. The third-order valence-electron chi connectivity index (χ3n) is 15.0. The summed E-state index contributed by atoms with van der Waals surface area (Å²) in [5, 5.41) is 65.4. The molecule has 0 bridgehead atoms. The van der Waals surface area contributed by atoms with Gasteiger partial charge in [0.25, 0.3) is 0 Å². The number of hydrogen-bond donors (Lipinski definition) is 7. The molecule has 2 heterocycles. The molecule has 0 radical (unpaired) electrons. The van der Waals surface area contributed by atoms with Crippen LogP contribution in [0.3, 0.4) is 0 Å². The van der Waals surface area contributed by atoms with Gasteiger partial charge in [0.05, 0.1) is 64.0 Å². The van der Waals surface area contributed by atoms with Crippen molar-refractivity contribution < 1.29 is 58.9 Å². The summed E-state index contributed by atoms with van der Waals surface area (Å²) >= 11 is 0. The zero-order valence-corrected chi connectivity index (χ0v) is 97.0. The molecule has 21 heteroatoms. The first-order valence-corrected chi connectivity index (χ1v) is 27.6. The number of allylic oxidation sites excluding steroid dienone is 2. The number of benzene rings is 8. The zero-order valence-electron chi connectivity index (χ0n) is 51.7. The van der Waals surface area contributed by atoms with Crippen molar-refractivity contribution in [2.45, 2.75) is 78.0 Å². The molecule has 92 heavy (non-hydrogen) atoms. The summed E-state index contributed by atoms with van der Waals surface area (Å²) in [6.45, 7) is 0.354. The standard InChI is InChI=1S/C18H16O4.C18H16O3.C18H18O3.C17H14O4.7Sg/c1-21-11-13-4-7-17-15(8-13)9-16(18(20)22-17)14-5-2-12(10-19)3-6-14;19-10-12-1-4-14(5-2-12)16-8-6-15-9-13(11-20)3-7-17(15)18(16)21;19-10-12-1-4-14(5-2-12)16-8-15-6-3-13(11-20)7-17(15)18(21)9-16;18-9-11-1-4-13(5-2-11)15-8-14-6-3-12(10-19)7-16(14)21-17(15)20;;;;;;;/h2-9,19H,10-11H2,1H3;1-5,7-9,19-20H,6,10-11H2;1-7,16,19-20H,8-11H2;1-8,18-19H,9-10H2;;;;;;;. The van der Waals surface area contributed by atoms with Crippen molar-refractivity contribution in [2.75, 3.05) is 7.11 Å². The number of aliphatic hydroxyl groups is 7. The van der Waals surface area contributed by atoms with Crippen molar-refractivity contribution in [3.8, 4) is 22.3 Å². The third kappa shape index (κ3) is 15.8. The van der Waals surface area contributed by atoms with E-state index in [1.807, 2.05) is 115 Å². The first-order valence-electron chi connectivity index (χ1n) is 27.6. The number of fused-ring (bicyclic) bond motifs is 4. The summed E-state index contributed by atoms with van der Waals surface area (Å²) in [6, 6.07) is 55.1. The van der Waals surface area contributed by atoms with Gasteiger partial charge in [-0.3, -0.25) is 9.59 Å². The molecule has 2 aliphatic rings. The van der Waals surface area contributed by atoms with Crippen molar-refractivity contribution >= 4 is 39.1 Å². The van der Waals surface area contributed by atoms with Gasteiger partial charge in [-0.05, 0) is 133 Å². The van der Waals surface area contributed by atoms with E-state index in [1.165, 1.54) is 0 Å². The van der Waals surface area contributed by atoms with Gasteiger partial charge in [0.2, 0.25) is 0 Å². The normalized spacial score (nSPS) is 12.3. The average Bonchev–Trinajstić information content (AvgIpc) is 0.869. The molecule has 0 saturated heterocycles. The van der Waals surface area contributed by atoms with Crippen LogP contribution in [0.4, 0.5) is 0 Å². The van der Waals surface area contributed by atoms with Crippen LogP contribution in [-0.4, -0.2) is 54.4 Å². The molecule has 446 valence electrons. The van der Waals surface area contributed by atoms with E-state index in [-0.39, 0.29) is 69.4 Å². The minimum absolute atomic E-state index is 0. The van der Waals surface area contributed by atoms with Crippen LogP contribution in [0, 0.1) is 0 Å². The molecule has 0 aliphatic heterocycles. The van der Waals surface area contributed by atoms with E-state index < -0.39 is 5.63 Å². The fraction of sp³-hybridized carbons (Fsp3) is 0.183. The molecule has 12 rings (SSSR count). The minimum atomic E-state index is -0.422. The van der Waals surface area contributed by atoms with Crippen LogP contribution in [-0.2, 0) is 70.4 Å². The molecule has 2 aliphatic carbocycles. The Labute approximate surface area is 490 Å². The molecule has 0 fully saturated rings. The van der Waals surface area contributed by atoms with E-state index in [4.69, 9.17) is 44.2 Å². The predicted molar refractivity (Wildman–Crippen MR) is 325 cm³/mol. The van der Waals surface area contributed by atoms with Crippen LogP contribution < -0.4 is 11.3 Å². The Bertz CT molecular complexity index is 4160. The second-order valence-corrected chi connectivity index (χ2v) is 20.7. The van der Waals surface area contributed by atoms with Gasteiger partial charge in [0.15, 0.2) is 11.6 Å². The Morgan fingerprint density at radius 1 is 0.380 bits per heavy atom. The summed E-state index contributed by atoms with van der Waals surface area (Å²) in [4.78, 5) is 49.2. The predicted octanol–water partition coefficient (Wildman–Crippen LogP) is 10.6. The second kappa shape index (κ2) is 32.1. The van der Waals surface area contributed by atoms with Gasteiger partial charge in [-0.1, -0.05) is 152 Å². The van der Waals surface area contributed by atoms with E-state index in [0.717, 1.165) is 95.1 Å². The van der Waals surface area contributed by atoms with Crippen LogP contribution in [0.1, 0.15) is 99.8 Å². The maximum atomic E-state index is 12.6. The summed E-state index contributed by atoms with van der Waals surface area (Å²) in [7, 11) is 1.64. The number of methoxy groups -OCH3 is 1. The number of aliphatic hydroxyl groups excluding tert-OH is 7. The maximum absolute atomic E-state index is 12.6. The molecule has 1 atom stereocenters. The number of rotatable bonds is 13. The summed E-state index contributed by atoms with van der Waals surface area (Å²) in [5.74, 6) is 0.345. The molecule has 0 spiro atoms. The van der Waals surface area contributed by atoms with Crippen molar-refractivity contribution in [3.63, 3.8) is 0 Å². The molecule has 0 amide bonds. The fourth-order valence-electron chi connectivity index (χ4n) is 10.3. The fourth-order valence-corrected chi connectivity index (χ4v) is 10.3. The molecule has 8 aromatic carbocycles. The summed E-state index contributed by atoms with van der Waals surface area (Å²) in [5.41, 5.74) is 15.5. The van der Waals surface area contributed by atoms with Gasteiger partial charge in [-0.2, -0.15) is 0 Å². The molecule has 2 aromatic heterocycles. The monoisotopic (exact) mass is 3040 g/mol. The first kappa shape index (κ1) is 72.0. The SMILES string of the molecule is COCc1ccc2oc(=O)c(-c3ccc(CO)cc3)cc2c1.O=C1C(c2ccc(CO)cc2)=CCc2cc(CO)ccc21.O=C1CC(c2ccc(CO)cc2)Cc2ccc(CO)cc21.O=c1oc2cc(CO)ccc2cc1-c1ccc(CO)cc1.[Sg].[Sg].[Sg].[Sg].[Sg].[Sg].[Sg]. The quantitative estimate of drug-likeness (QED) is 0.0531. The van der Waals surface area contributed by atoms with E-state index in [0.29, 0.717) is 58.4 Å². The van der Waals surface area contributed by atoms with Crippen LogP contribution in [0.2, 0.25) is 0 Å². The Morgan fingerprint density at radius 3 is 1.34 bits per heavy atom. The van der Waals surface area contributed by atoms with Gasteiger partial charge < -0.3 is 49.3 Å². The number of carbonyl (C=O) groups is 2. The maximum Gasteiger partial charge on any atom is 0.344 e. The van der Waals surface area contributed by atoms with Crippen molar-refractivity contribution in [1.29, 1.82) is 0 Å². The van der Waals surface area contributed by atoms with Crippen LogP contribution in [0.25, 0.3) is 49.8 Å². The van der Waals surface area contributed by atoms with Gasteiger partial charge in [0, 0.05) is 41.0 Å². The first-order chi connectivity index (χ1) is 41.3. The molecular formula is C71H64O14Sg7. The van der Waals surface area contributed by atoms with Crippen LogP contribution in [0.5, 0.6) is 0 Å². The Morgan fingerprint density at radius 2 is 0.815 bits per heavy atom. The third-order valence-corrected chi connectivity index (χ3v) is 15.0.